The Kier molecular flexibility index (Phi) is 5.57. The van der Waals surface area contributed by atoms with Gasteiger partial charge in [0, 0.05) is 37.8 Å². The van der Waals surface area contributed by atoms with Crippen LogP contribution in [-0.4, -0.2) is 45.1 Å². The number of anilines is 1. The number of ether oxygens (including phenoxy) is 1. The van der Waals surface area contributed by atoms with Crippen LogP contribution in [0.2, 0.25) is 0 Å². The van der Waals surface area contributed by atoms with Crippen LogP contribution in [0.5, 0.6) is 5.75 Å². The Labute approximate surface area is 124 Å². The third-order valence-corrected chi connectivity index (χ3v) is 3.27. The molecule has 1 aliphatic heterocycles. The summed E-state index contributed by atoms with van der Waals surface area (Å²) < 4.78 is 5.46. The van der Waals surface area contributed by atoms with E-state index in [4.69, 9.17) is 4.74 Å². The van der Waals surface area contributed by atoms with Crippen molar-refractivity contribution in [3.05, 3.63) is 24.3 Å². The lowest BCUT2D eigenvalue weighted by atomic mass is 10.3. The van der Waals surface area contributed by atoms with Crippen molar-refractivity contribution >= 4 is 17.5 Å². The minimum Gasteiger partial charge on any atom is -0.484 e. The van der Waals surface area contributed by atoms with Gasteiger partial charge in [-0.25, -0.2) is 0 Å². The Bertz CT molecular complexity index is 505. The molecule has 1 heterocycles. The summed E-state index contributed by atoms with van der Waals surface area (Å²) in [5.74, 6) is 0.570. The van der Waals surface area contributed by atoms with Gasteiger partial charge >= 0.3 is 0 Å². The maximum Gasteiger partial charge on any atom is 0.257 e. The number of nitrogens with zero attached hydrogens (tertiary/aromatic N) is 1. The third kappa shape index (κ3) is 4.46. The molecule has 1 aliphatic rings. The summed E-state index contributed by atoms with van der Waals surface area (Å²) in [4.78, 5) is 25.0. The van der Waals surface area contributed by atoms with E-state index in [0.717, 1.165) is 25.2 Å². The van der Waals surface area contributed by atoms with Crippen LogP contribution in [0, 0.1) is 0 Å². The van der Waals surface area contributed by atoms with E-state index in [1.54, 1.807) is 17.0 Å². The number of amides is 2. The zero-order chi connectivity index (χ0) is 15.1. The predicted octanol–water partition coefficient (Wildman–Crippen LogP) is 0.528. The van der Waals surface area contributed by atoms with E-state index < -0.39 is 0 Å². The summed E-state index contributed by atoms with van der Waals surface area (Å²) in [5, 5.41) is 5.69. The largest absolute Gasteiger partial charge is 0.484 e. The molecule has 0 aromatic heterocycles. The van der Waals surface area contributed by atoms with Crippen molar-refractivity contribution < 1.29 is 14.3 Å². The van der Waals surface area contributed by atoms with E-state index in [2.05, 4.69) is 10.6 Å². The number of rotatable bonds is 7. The summed E-state index contributed by atoms with van der Waals surface area (Å²) in [6, 6.07) is 7.28. The highest BCUT2D eigenvalue weighted by molar-refractivity contribution is 5.95. The number of likely N-dealkylation sites (N-methyl/N-ethyl adjacent to an activating group) is 1. The maximum atomic E-state index is 11.7. The molecular formula is C15H21N3O3. The molecule has 0 radical (unpaired) electrons. The highest BCUT2D eigenvalue weighted by Gasteiger charge is 2.21. The molecule has 1 aromatic carbocycles. The van der Waals surface area contributed by atoms with Gasteiger partial charge in [-0.1, -0.05) is 6.07 Å². The van der Waals surface area contributed by atoms with Crippen molar-refractivity contribution in [1.29, 1.82) is 0 Å². The minimum atomic E-state index is -0.159. The van der Waals surface area contributed by atoms with Crippen molar-refractivity contribution in [2.75, 3.05) is 38.2 Å². The van der Waals surface area contributed by atoms with E-state index >= 15 is 0 Å². The van der Waals surface area contributed by atoms with Crippen molar-refractivity contribution in [2.24, 2.45) is 0 Å². The zero-order valence-electron chi connectivity index (χ0n) is 12.2. The highest BCUT2D eigenvalue weighted by atomic mass is 16.5. The fourth-order valence-corrected chi connectivity index (χ4v) is 2.19. The van der Waals surface area contributed by atoms with Gasteiger partial charge in [-0.05, 0) is 25.6 Å². The number of carbonyl (C=O) groups excluding carboxylic acids is 2. The van der Waals surface area contributed by atoms with Gasteiger partial charge in [0.05, 0.1) is 0 Å². The molecule has 0 saturated carbocycles. The molecule has 1 aromatic rings. The van der Waals surface area contributed by atoms with E-state index in [0.29, 0.717) is 18.7 Å². The van der Waals surface area contributed by atoms with Gasteiger partial charge in [-0.2, -0.15) is 0 Å². The molecule has 0 bridgehead atoms. The first-order chi connectivity index (χ1) is 10.2. The molecule has 1 fully saturated rings. The Morgan fingerprint density at radius 3 is 2.95 bits per heavy atom. The molecule has 0 unspecified atom stereocenters. The maximum absolute atomic E-state index is 11.7. The highest BCUT2D eigenvalue weighted by Crippen LogP contribution is 2.25. The van der Waals surface area contributed by atoms with Crippen LogP contribution in [0.1, 0.15) is 12.8 Å². The van der Waals surface area contributed by atoms with E-state index in [1.165, 1.54) is 0 Å². The number of hydrogen-bond donors (Lipinski definition) is 2. The SMILES string of the molecule is CNCCNC(=O)COc1cccc(N2CCCC2=O)c1. The second-order valence-electron chi connectivity index (χ2n) is 4.89. The Hall–Kier alpha value is -2.08. The molecule has 0 aliphatic carbocycles. The quantitative estimate of drug-likeness (QED) is 0.719. The molecule has 2 rings (SSSR count). The normalized spacial score (nSPS) is 14.3. The summed E-state index contributed by atoms with van der Waals surface area (Å²) in [7, 11) is 1.83. The molecule has 21 heavy (non-hydrogen) atoms. The van der Waals surface area contributed by atoms with Crippen LogP contribution in [0.25, 0.3) is 0 Å². The van der Waals surface area contributed by atoms with Gasteiger partial charge in [-0.3, -0.25) is 9.59 Å². The first-order valence-electron chi connectivity index (χ1n) is 7.15. The Balaban J connectivity index is 1.86. The zero-order valence-corrected chi connectivity index (χ0v) is 12.2. The van der Waals surface area contributed by atoms with E-state index in [9.17, 15) is 9.59 Å². The van der Waals surface area contributed by atoms with Crippen molar-refractivity contribution in [2.45, 2.75) is 12.8 Å². The predicted molar refractivity (Wildman–Crippen MR) is 80.5 cm³/mol. The molecule has 6 nitrogen and oxygen atoms in total. The van der Waals surface area contributed by atoms with Gasteiger partial charge in [0.2, 0.25) is 5.91 Å². The van der Waals surface area contributed by atoms with Crippen LogP contribution < -0.4 is 20.3 Å². The first kappa shape index (κ1) is 15.3. The van der Waals surface area contributed by atoms with Gasteiger partial charge in [0.1, 0.15) is 5.75 Å². The first-order valence-corrected chi connectivity index (χ1v) is 7.15. The van der Waals surface area contributed by atoms with Crippen LogP contribution in [0.15, 0.2) is 24.3 Å². The smallest absolute Gasteiger partial charge is 0.257 e. The molecular weight excluding hydrogens is 270 g/mol. The van der Waals surface area contributed by atoms with Crippen LogP contribution >= 0.6 is 0 Å². The van der Waals surface area contributed by atoms with Gasteiger partial charge in [0.25, 0.3) is 5.91 Å². The lowest BCUT2D eigenvalue weighted by Gasteiger charge is -2.16. The van der Waals surface area contributed by atoms with Gasteiger partial charge < -0.3 is 20.3 Å². The summed E-state index contributed by atoms with van der Waals surface area (Å²) in [5.41, 5.74) is 0.825. The molecule has 0 spiro atoms. The van der Waals surface area contributed by atoms with Gasteiger partial charge in [-0.15, -0.1) is 0 Å². The summed E-state index contributed by atoms with van der Waals surface area (Å²) in [6.45, 7) is 2.01. The fraction of sp³-hybridized carbons (Fsp3) is 0.467. The molecule has 2 N–H and O–H groups in total. The lowest BCUT2D eigenvalue weighted by Crippen LogP contribution is -2.33. The van der Waals surface area contributed by atoms with Gasteiger partial charge in [0.15, 0.2) is 6.61 Å². The third-order valence-electron chi connectivity index (χ3n) is 3.27. The second kappa shape index (κ2) is 7.64. The summed E-state index contributed by atoms with van der Waals surface area (Å²) in [6.07, 6.45) is 1.48. The number of carbonyl (C=O) groups is 2. The van der Waals surface area contributed by atoms with Crippen molar-refractivity contribution in [1.82, 2.24) is 10.6 Å². The van der Waals surface area contributed by atoms with Crippen LogP contribution in [-0.2, 0) is 9.59 Å². The topological polar surface area (TPSA) is 70.7 Å². The minimum absolute atomic E-state index is 0.0267. The lowest BCUT2D eigenvalue weighted by molar-refractivity contribution is -0.123. The van der Waals surface area contributed by atoms with Crippen molar-refractivity contribution in [3.8, 4) is 5.75 Å². The Morgan fingerprint density at radius 1 is 1.38 bits per heavy atom. The number of nitrogens with one attached hydrogen (secondary N) is 2. The van der Waals surface area contributed by atoms with Crippen LogP contribution in [0.3, 0.4) is 0 Å². The average molecular weight is 291 g/mol. The van der Waals surface area contributed by atoms with E-state index in [1.807, 2.05) is 19.2 Å². The second-order valence-corrected chi connectivity index (χ2v) is 4.89. The van der Waals surface area contributed by atoms with Crippen molar-refractivity contribution in [3.63, 3.8) is 0 Å². The molecule has 114 valence electrons. The Morgan fingerprint density at radius 2 is 2.24 bits per heavy atom. The van der Waals surface area contributed by atoms with Crippen LogP contribution in [0.4, 0.5) is 5.69 Å². The summed E-state index contributed by atoms with van der Waals surface area (Å²) >= 11 is 0. The van der Waals surface area contributed by atoms with E-state index in [-0.39, 0.29) is 18.4 Å². The molecule has 1 saturated heterocycles. The molecule has 0 atom stereocenters. The molecule has 6 heteroatoms. The molecule has 2 amide bonds. The number of hydrogen-bond acceptors (Lipinski definition) is 4. The monoisotopic (exact) mass is 291 g/mol. The average Bonchev–Trinajstić information content (AvgIpc) is 2.92. The fourth-order valence-electron chi connectivity index (χ4n) is 2.19. The number of benzene rings is 1. The standard InChI is InChI=1S/C15H21N3O3/c1-16-7-8-17-14(19)11-21-13-5-2-4-12(10-13)18-9-3-6-15(18)20/h2,4-5,10,16H,3,6-9,11H2,1H3,(H,17,19).